The lowest BCUT2D eigenvalue weighted by molar-refractivity contribution is 0.0271. The van der Waals surface area contributed by atoms with E-state index in [1.165, 1.54) is 19.1 Å². The fourth-order valence-electron chi connectivity index (χ4n) is 2.80. The Kier molecular flexibility index (Phi) is 4.89. The molecule has 0 unspecified atom stereocenters. The zero-order valence-electron chi connectivity index (χ0n) is 13.6. The Hall–Kier alpha value is -1.00. The highest BCUT2D eigenvalue weighted by Gasteiger charge is 2.46. The third kappa shape index (κ3) is 3.58. The van der Waals surface area contributed by atoms with E-state index in [1.807, 2.05) is 6.07 Å². The number of rotatable bonds is 4. The molecule has 1 aliphatic rings. The molecule has 0 aromatic heterocycles. The number of sulfone groups is 1. The largest absolute Gasteiger partial charge is 0.390 e. The topological polar surface area (TPSA) is 95.0 Å². The van der Waals surface area contributed by atoms with Crippen LogP contribution in [-0.2, 0) is 19.9 Å². The lowest BCUT2D eigenvalue weighted by Gasteiger charge is -2.34. The van der Waals surface area contributed by atoms with Crippen molar-refractivity contribution in [2.24, 2.45) is 0 Å². The summed E-state index contributed by atoms with van der Waals surface area (Å²) in [6.45, 7) is 3.47. The van der Waals surface area contributed by atoms with Crippen molar-refractivity contribution in [2.75, 3.05) is 25.6 Å². The summed E-state index contributed by atoms with van der Waals surface area (Å²) in [5.41, 5.74) is 1.35. The van der Waals surface area contributed by atoms with Crippen LogP contribution in [0.3, 0.4) is 0 Å². The molecule has 1 saturated heterocycles. The second-order valence-corrected chi connectivity index (χ2v) is 10.0. The molecular formula is C14H22N2O5S2. The number of aliphatic hydroxyl groups excluding tert-OH is 1. The molecule has 2 atom stereocenters. The Labute approximate surface area is 137 Å². The lowest BCUT2D eigenvalue weighted by Crippen LogP contribution is -2.53. The highest BCUT2D eigenvalue weighted by Crippen LogP contribution is 2.28. The number of aliphatic hydroxyl groups is 1. The van der Waals surface area contributed by atoms with Crippen LogP contribution in [0.5, 0.6) is 0 Å². The van der Waals surface area contributed by atoms with Gasteiger partial charge in [-0.3, -0.25) is 0 Å². The zero-order valence-corrected chi connectivity index (χ0v) is 15.2. The van der Waals surface area contributed by atoms with E-state index in [9.17, 15) is 21.9 Å². The van der Waals surface area contributed by atoms with Crippen LogP contribution in [0.25, 0.3) is 0 Å². The lowest BCUT2D eigenvalue weighted by atomic mass is 10.2. The van der Waals surface area contributed by atoms with Gasteiger partial charge in [-0.15, -0.1) is 4.41 Å². The summed E-state index contributed by atoms with van der Waals surface area (Å²) in [5.74, 6) is -0.819. The van der Waals surface area contributed by atoms with E-state index < -0.39 is 43.5 Å². The van der Waals surface area contributed by atoms with E-state index in [1.54, 1.807) is 26.0 Å². The van der Waals surface area contributed by atoms with Crippen LogP contribution in [0.2, 0.25) is 0 Å². The van der Waals surface area contributed by atoms with Crippen molar-refractivity contribution in [3.8, 4) is 0 Å². The summed E-state index contributed by atoms with van der Waals surface area (Å²) >= 11 is 0. The highest BCUT2D eigenvalue weighted by atomic mass is 32.2. The Morgan fingerprint density at radius 1 is 1.17 bits per heavy atom. The van der Waals surface area contributed by atoms with Crippen molar-refractivity contribution in [1.29, 1.82) is 0 Å². The van der Waals surface area contributed by atoms with Gasteiger partial charge in [-0.25, -0.2) is 21.8 Å². The first kappa shape index (κ1) is 18.3. The Balaban J connectivity index is 2.55. The molecule has 1 N–H and O–H groups in total. The molecule has 130 valence electrons. The predicted octanol–water partition coefficient (Wildman–Crippen LogP) is -0.0714. The van der Waals surface area contributed by atoms with Gasteiger partial charge in [0.05, 0.1) is 28.5 Å². The summed E-state index contributed by atoms with van der Waals surface area (Å²) in [6.07, 6.45) is -1.25. The van der Waals surface area contributed by atoms with Gasteiger partial charge in [0.1, 0.15) is 0 Å². The summed E-state index contributed by atoms with van der Waals surface area (Å²) in [4.78, 5) is 0.114. The number of hydrazine groups is 1. The fraction of sp³-hybridized carbons (Fsp3) is 0.571. The molecule has 7 nitrogen and oxygen atoms in total. The van der Waals surface area contributed by atoms with Gasteiger partial charge in [0.15, 0.2) is 9.84 Å². The average molecular weight is 362 g/mol. The van der Waals surface area contributed by atoms with E-state index in [0.29, 0.717) is 5.56 Å². The molecule has 0 saturated carbocycles. The van der Waals surface area contributed by atoms with Gasteiger partial charge in [0.25, 0.3) is 10.0 Å². The van der Waals surface area contributed by atoms with E-state index in [0.717, 1.165) is 9.98 Å². The molecular weight excluding hydrogens is 340 g/mol. The molecule has 0 spiro atoms. The van der Waals surface area contributed by atoms with E-state index >= 15 is 0 Å². The second-order valence-electron chi connectivity index (χ2n) is 6.11. The van der Waals surface area contributed by atoms with Crippen molar-refractivity contribution < 1.29 is 21.9 Å². The second kappa shape index (κ2) is 6.14. The van der Waals surface area contributed by atoms with Gasteiger partial charge >= 0.3 is 0 Å². The van der Waals surface area contributed by atoms with Crippen LogP contribution in [0, 0.1) is 13.8 Å². The molecule has 0 radical (unpaired) electrons. The van der Waals surface area contributed by atoms with E-state index in [-0.39, 0.29) is 4.90 Å². The van der Waals surface area contributed by atoms with Crippen LogP contribution >= 0.6 is 0 Å². The average Bonchev–Trinajstić information content (AvgIpc) is 2.65. The number of hydrogen-bond acceptors (Lipinski definition) is 6. The van der Waals surface area contributed by atoms with Crippen LogP contribution in [0.1, 0.15) is 11.1 Å². The summed E-state index contributed by atoms with van der Waals surface area (Å²) in [5, 5.41) is 11.4. The van der Waals surface area contributed by atoms with Crippen LogP contribution < -0.4 is 0 Å². The maximum absolute atomic E-state index is 13.1. The number of nitrogens with zero attached hydrogens (tertiary/aromatic N) is 2. The third-order valence-electron chi connectivity index (χ3n) is 3.84. The maximum Gasteiger partial charge on any atom is 0.256 e. The molecule has 23 heavy (non-hydrogen) atoms. The molecule has 0 bridgehead atoms. The van der Waals surface area contributed by atoms with E-state index in [4.69, 9.17) is 0 Å². The molecule has 0 amide bonds. The van der Waals surface area contributed by atoms with Gasteiger partial charge < -0.3 is 5.11 Å². The molecule has 1 aromatic carbocycles. The first-order chi connectivity index (χ1) is 10.5. The molecule has 1 heterocycles. The molecule has 1 aromatic rings. The van der Waals surface area contributed by atoms with Gasteiger partial charge in [-0.1, -0.05) is 12.1 Å². The van der Waals surface area contributed by atoms with Crippen molar-refractivity contribution in [3.05, 3.63) is 29.3 Å². The van der Waals surface area contributed by atoms with Gasteiger partial charge in [0, 0.05) is 14.1 Å². The normalized spacial score (nSPS) is 24.5. The van der Waals surface area contributed by atoms with Gasteiger partial charge in [-0.05, 0) is 31.0 Å². The smallest absolute Gasteiger partial charge is 0.256 e. The molecule has 0 aliphatic carbocycles. The summed E-state index contributed by atoms with van der Waals surface area (Å²) in [6, 6.07) is 4.04. The van der Waals surface area contributed by atoms with Crippen LogP contribution in [-0.4, -0.2) is 69.1 Å². The van der Waals surface area contributed by atoms with Crippen LogP contribution in [0.15, 0.2) is 23.1 Å². The van der Waals surface area contributed by atoms with Gasteiger partial charge in [0.2, 0.25) is 0 Å². The third-order valence-corrected chi connectivity index (χ3v) is 7.62. The van der Waals surface area contributed by atoms with Crippen molar-refractivity contribution in [2.45, 2.75) is 30.9 Å². The quantitative estimate of drug-likeness (QED) is 0.754. The minimum absolute atomic E-state index is 0.114. The van der Waals surface area contributed by atoms with Gasteiger partial charge in [-0.2, -0.15) is 0 Å². The minimum atomic E-state index is -3.99. The Morgan fingerprint density at radius 3 is 2.26 bits per heavy atom. The molecule has 2 rings (SSSR count). The minimum Gasteiger partial charge on any atom is -0.390 e. The standard InChI is InChI=1S/C14H22N2O5S2/c1-10-5-6-11(2)14(7-10)23(20,21)16(15(3)4)12-8-22(18,19)9-13(12)17/h5-7,12-13,17H,8-9H2,1-4H3/t12-,13-/m1/s1. The monoisotopic (exact) mass is 362 g/mol. The van der Waals surface area contributed by atoms with E-state index in [2.05, 4.69) is 0 Å². The fourth-order valence-corrected chi connectivity index (χ4v) is 6.67. The molecule has 1 fully saturated rings. The maximum atomic E-state index is 13.1. The van der Waals surface area contributed by atoms with Crippen LogP contribution in [0.4, 0.5) is 0 Å². The molecule has 9 heteroatoms. The predicted molar refractivity (Wildman–Crippen MR) is 87.1 cm³/mol. The first-order valence-corrected chi connectivity index (χ1v) is 10.4. The first-order valence-electron chi connectivity index (χ1n) is 7.13. The molecule has 1 aliphatic heterocycles. The number of benzene rings is 1. The van der Waals surface area contributed by atoms with Crippen molar-refractivity contribution in [3.63, 3.8) is 0 Å². The number of hydrogen-bond donors (Lipinski definition) is 1. The summed E-state index contributed by atoms with van der Waals surface area (Å²) < 4.78 is 50.6. The highest BCUT2D eigenvalue weighted by molar-refractivity contribution is 7.92. The Bertz CT molecular complexity index is 802. The number of sulfonamides is 1. The summed E-state index contributed by atoms with van der Waals surface area (Å²) in [7, 11) is -4.42. The van der Waals surface area contributed by atoms with Crippen molar-refractivity contribution in [1.82, 2.24) is 9.42 Å². The zero-order chi connectivity index (χ0) is 17.6. The Morgan fingerprint density at radius 2 is 1.78 bits per heavy atom. The number of aryl methyl sites for hydroxylation is 2. The van der Waals surface area contributed by atoms with Crippen molar-refractivity contribution >= 4 is 19.9 Å². The SMILES string of the molecule is Cc1ccc(C)c(S(=O)(=O)N([C@@H]2CS(=O)(=O)C[C@H]2O)N(C)C)c1.